The molecule has 3 N–H and O–H groups in total. The molecule has 2 fully saturated rings. The lowest BCUT2D eigenvalue weighted by molar-refractivity contribution is 0.0927. The third-order valence-electron chi connectivity index (χ3n) is 8.37. The van der Waals surface area contributed by atoms with Crippen LogP contribution in [0.25, 0.3) is 22.4 Å². The van der Waals surface area contributed by atoms with Crippen molar-refractivity contribution in [3.05, 3.63) is 83.7 Å². The zero-order chi connectivity index (χ0) is 29.9. The maximum Gasteiger partial charge on any atom is 0.410 e. The first-order valence-electron chi connectivity index (χ1n) is 14.6. The van der Waals surface area contributed by atoms with Crippen LogP contribution in [0.2, 0.25) is 5.02 Å². The van der Waals surface area contributed by atoms with E-state index in [1.54, 1.807) is 6.07 Å². The highest BCUT2D eigenvalue weighted by atomic mass is 35.5. The summed E-state index contributed by atoms with van der Waals surface area (Å²) >= 11 is 6.43. The SMILES string of the molecule is C=C[C@H]1CC[C@H](Cn2c(N3CCOC[C@H]3c3ccccc3)nc3nc(C(=N)NC(=O)O)nc(-c4cccc(Cl)c4)c32)CC1. The van der Waals surface area contributed by atoms with Gasteiger partial charge in [-0.15, -0.1) is 6.58 Å². The molecule has 43 heavy (non-hydrogen) atoms. The normalized spacial score (nSPS) is 20.6. The molecule has 0 spiro atoms. The lowest BCUT2D eigenvalue weighted by Gasteiger charge is -2.37. The van der Waals surface area contributed by atoms with Crippen molar-refractivity contribution in [1.82, 2.24) is 24.8 Å². The standard InChI is InChI=1S/C32H34ClN7O3/c1-2-20-11-13-21(14-12-20)18-40-27-26(23-9-6-10-24(33)17-23)35-30(28(34)36-32(41)42)37-29(27)38-31(40)39-15-16-43-19-25(39)22-7-4-3-5-8-22/h2-10,17,20-21,25H,1,11-16,18-19H2,(H2,34,36)(H,41,42)/t20-,21-,25-/m0/s1. The van der Waals surface area contributed by atoms with Crippen LogP contribution >= 0.6 is 11.6 Å². The van der Waals surface area contributed by atoms with E-state index in [1.807, 2.05) is 36.4 Å². The molecule has 1 amide bonds. The van der Waals surface area contributed by atoms with E-state index in [2.05, 4.69) is 44.6 Å². The third kappa shape index (κ3) is 6.11. The van der Waals surface area contributed by atoms with Gasteiger partial charge in [0.05, 0.1) is 19.3 Å². The Bertz CT molecular complexity index is 1650. The van der Waals surface area contributed by atoms with Gasteiger partial charge in [-0.25, -0.2) is 14.8 Å². The van der Waals surface area contributed by atoms with Crippen LogP contribution in [0.4, 0.5) is 10.7 Å². The molecular formula is C32H34ClN7O3. The molecule has 2 aromatic heterocycles. The molecule has 1 atom stereocenters. The lowest BCUT2D eigenvalue weighted by Crippen LogP contribution is -2.41. The highest BCUT2D eigenvalue weighted by molar-refractivity contribution is 6.30. The van der Waals surface area contributed by atoms with Gasteiger partial charge in [-0.1, -0.05) is 60.1 Å². The number of ether oxygens (including phenoxy) is 1. The number of nitrogens with zero attached hydrogens (tertiary/aromatic N) is 5. The molecule has 6 rings (SSSR count). The summed E-state index contributed by atoms with van der Waals surface area (Å²) in [5, 5.41) is 20.3. The van der Waals surface area contributed by atoms with Gasteiger partial charge in [0.15, 0.2) is 17.3 Å². The topological polar surface area (TPSA) is 129 Å². The summed E-state index contributed by atoms with van der Waals surface area (Å²) in [5.41, 5.74) is 3.52. The number of nitrogens with one attached hydrogen (secondary N) is 2. The molecule has 3 heterocycles. The Morgan fingerprint density at radius 2 is 1.91 bits per heavy atom. The minimum absolute atomic E-state index is 0.0592. The van der Waals surface area contributed by atoms with E-state index in [0.717, 1.165) is 54.8 Å². The number of amides is 1. The number of carboxylic acid groups (broad SMARTS) is 1. The van der Waals surface area contributed by atoms with E-state index in [0.29, 0.717) is 48.0 Å². The number of halogens is 1. The summed E-state index contributed by atoms with van der Waals surface area (Å²) in [6.45, 7) is 6.44. The fraction of sp³-hybridized carbons (Fsp3) is 0.344. The van der Waals surface area contributed by atoms with Crippen LogP contribution in [0.1, 0.15) is 43.1 Å². The maximum atomic E-state index is 11.4. The van der Waals surface area contributed by atoms with Crippen LogP contribution < -0.4 is 10.2 Å². The molecule has 1 aliphatic carbocycles. The first-order valence-corrected chi connectivity index (χ1v) is 14.9. The van der Waals surface area contributed by atoms with Gasteiger partial charge in [0.2, 0.25) is 5.95 Å². The van der Waals surface area contributed by atoms with Crippen molar-refractivity contribution in [1.29, 1.82) is 5.41 Å². The smallest absolute Gasteiger partial charge is 0.410 e. The number of aromatic nitrogens is 4. The number of rotatable bonds is 7. The Kier molecular flexibility index (Phi) is 8.40. The molecule has 222 valence electrons. The molecule has 1 saturated carbocycles. The van der Waals surface area contributed by atoms with Gasteiger partial charge in [-0.2, -0.15) is 4.98 Å². The molecule has 2 aliphatic rings. The summed E-state index contributed by atoms with van der Waals surface area (Å²) < 4.78 is 8.17. The monoisotopic (exact) mass is 599 g/mol. The number of benzene rings is 2. The summed E-state index contributed by atoms with van der Waals surface area (Å²) in [6.07, 6.45) is 5.04. The van der Waals surface area contributed by atoms with Crippen LogP contribution in [0.15, 0.2) is 67.3 Å². The van der Waals surface area contributed by atoms with Crippen molar-refractivity contribution in [2.75, 3.05) is 24.7 Å². The number of hydrogen-bond acceptors (Lipinski definition) is 7. The first-order chi connectivity index (χ1) is 20.9. The molecule has 1 saturated heterocycles. The van der Waals surface area contributed by atoms with E-state index >= 15 is 0 Å². The van der Waals surface area contributed by atoms with Crippen molar-refractivity contribution >= 4 is 40.6 Å². The summed E-state index contributed by atoms with van der Waals surface area (Å²) in [7, 11) is 0. The number of anilines is 1. The number of carbonyl (C=O) groups is 1. The van der Waals surface area contributed by atoms with E-state index in [4.69, 9.17) is 31.7 Å². The number of morpholine rings is 1. The van der Waals surface area contributed by atoms with E-state index in [-0.39, 0.29) is 11.9 Å². The molecule has 4 aromatic rings. The minimum Gasteiger partial charge on any atom is -0.465 e. The van der Waals surface area contributed by atoms with E-state index < -0.39 is 11.9 Å². The van der Waals surface area contributed by atoms with Gasteiger partial charge in [-0.05, 0) is 55.2 Å². The van der Waals surface area contributed by atoms with E-state index in [1.165, 1.54) is 0 Å². The van der Waals surface area contributed by atoms with Crippen LogP contribution in [0.3, 0.4) is 0 Å². The molecule has 2 aromatic carbocycles. The summed E-state index contributed by atoms with van der Waals surface area (Å²) in [6, 6.07) is 17.5. The van der Waals surface area contributed by atoms with Crippen molar-refractivity contribution in [3.63, 3.8) is 0 Å². The zero-order valence-corrected chi connectivity index (χ0v) is 24.5. The second kappa shape index (κ2) is 12.5. The predicted molar refractivity (Wildman–Crippen MR) is 167 cm³/mol. The van der Waals surface area contributed by atoms with Crippen molar-refractivity contribution in [2.24, 2.45) is 11.8 Å². The third-order valence-corrected chi connectivity index (χ3v) is 8.61. The molecular weight excluding hydrogens is 566 g/mol. The molecule has 0 unspecified atom stereocenters. The van der Waals surface area contributed by atoms with Crippen LogP contribution in [-0.2, 0) is 11.3 Å². The van der Waals surface area contributed by atoms with Crippen molar-refractivity contribution < 1.29 is 14.6 Å². The van der Waals surface area contributed by atoms with E-state index in [9.17, 15) is 9.90 Å². The average molecular weight is 600 g/mol. The van der Waals surface area contributed by atoms with Crippen molar-refractivity contribution in [3.8, 4) is 11.3 Å². The second-order valence-corrected chi connectivity index (χ2v) is 11.6. The second-order valence-electron chi connectivity index (χ2n) is 11.1. The molecule has 10 nitrogen and oxygen atoms in total. The Labute approximate surface area is 254 Å². The highest BCUT2D eigenvalue weighted by Gasteiger charge is 2.32. The highest BCUT2D eigenvalue weighted by Crippen LogP contribution is 2.38. The molecule has 0 bridgehead atoms. The Balaban J connectivity index is 1.55. The largest absolute Gasteiger partial charge is 0.465 e. The first kappa shape index (κ1) is 28.8. The number of fused-ring (bicyclic) bond motifs is 1. The molecule has 1 aliphatic heterocycles. The molecule has 11 heteroatoms. The van der Waals surface area contributed by atoms with Gasteiger partial charge in [-0.3, -0.25) is 10.7 Å². The lowest BCUT2D eigenvalue weighted by atomic mass is 9.82. The summed E-state index contributed by atoms with van der Waals surface area (Å²) in [4.78, 5) is 28.1. The Morgan fingerprint density at radius 3 is 2.63 bits per heavy atom. The average Bonchev–Trinajstić information content (AvgIpc) is 3.39. The fourth-order valence-electron chi connectivity index (χ4n) is 6.19. The number of hydrogen-bond donors (Lipinski definition) is 3. The maximum absolute atomic E-state index is 11.4. The Hall–Kier alpha value is -4.28. The Morgan fingerprint density at radius 1 is 1.12 bits per heavy atom. The number of allylic oxidation sites excluding steroid dienone is 1. The van der Waals surface area contributed by atoms with Gasteiger partial charge < -0.3 is 19.3 Å². The zero-order valence-electron chi connectivity index (χ0n) is 23.7. The number of imidazole rings is 1. The fourth-order valence-corrected chi connectivity index (χ4v) is 6.38. The minimum atomic E-state index is -1.36. The quantitative estimate of drug-likeness (QED) is 0.129. The van der Waals surface area contributed by atoms with Gasteiger partial charge >= 0.3 is 6.09 Å². The predicted octanol–water partition coefficient (Wildman–Crippen LogP) is 6.31. The summed E-state index contributed by atoms with van der Waals surface area (Å²) in [5.74, 6) is 1.23. The van der Waals surface area contributed by atoms with Gasteiger partial charge in [0, 0.05) is 23.7 Å². The number of amidine groups is 1. The van der Waals surface area contributed by atoms with Crippen LogP contribution in [0, 0.1) is 17.2 Å². The molecule has 0 radical (unpaired) electrons. The van der Waals surface area contributed by atoms with Crippen LogP contribution in [0.5, 0.6) is 0 Å². The van der Waals surface area contributed by atoms with Crippen molar-refractivity contribution in [2.45, 2.75) is 38.3 Å². The van der Waals surface area contributed by atoms with Gasteiger partial charge in [0.1, 0.15) is 11.2 Å². The van der Waals surface area contributed by atoms with Gasteiger partial charge in [0.25, 0.3) is 0 Å². The van der Waals surface area contributed by atoms with Crippen LogP contribution in [-0.4, -0.2) is 56.3 Å².